The number of anilines is 1. The largest absolute Gasteiger partial charge is 0.507 e. The van der Waals surface area contributed by atoms with E-state index in [2.05, 4.69) is 10.2 Å². The Balaban J connectivity index is 1.39. The van der Waals surface area contributed by atoms with E-state index in [1.807, 2.05) is 42.5 Å². The van der Waals surface area contributed by atoms with Gasteiger partial charge in [-0.2, -0.15) is 0 Å². The highest BCUT2D eigenvalue weighted by molar-refractivity contribution is 8.00. The topological polar surface area (TPSA) is 83.4 Å². The molecule has 0 bridgehead atoms. The Morgan fingerprint density at radius 2 is 1.71 bits per heavy atom. The molecule has 6 rings (SSSR count). The molecule has 0 unspecified atom stereocenters. The fraction of sp³-hybridized carbons (Fsp3) is 0.0968. The molecule has 1 atom stereocenters. The summed E-state index contributed by atoms with van der Waals surface area (Å²) in [5, 5.41) is 21.9. The summed E-state index contributed by atoms with van der Waals surface area (Å²) >= 11 is 2.51. The standard InChI is InChI=1S/C31H21F2N3O3S2/c1-17-13-14-19(15-24(17)33)27(37)25-26(22-11-4-5-12-23(22)32)36(29(39)28(25)38)30-34-35-31(41-30)40-16-20-9-6-8-18-7-2-3-10-21(18)20/h2-15,26,37H,16H2,1H3/t26-/m1/s1. The number of hydrogen-bond acceptors (Lipinski definition) is 7. The normalized spacial score (nSPS) is 16.6. The molecule has 1 amide bonds. The Morgan fingerprint density at radius 3 is 2.51 bits per heavy atom. The molecular formula is C31H21F2N3O3S2. The van der Waals surface area contributed by atoms with Crippen LogP contribution in [0, 0.1) is 18.6 Å². The van der Waals surface area contributed by atoms with Gasteiger partial charge >= 0.3 is 5.91 Å². The number of halogens is 2. The number of hydrogen-bond donors (Lipinski definition) is 1. The van der Waals surface area contributed by atoms with Crippen LogP contribution in [0.15, 0.2) is 94.8 Å². The van der Waals surface area contributed by atoms with Crippen LogP contribution in [-0.4, -0.2) is 27.0 Å². The van der Waals surface area contributed by atoms with Gasteiger partial charge in [-0.15, -0.1) is 10.2 Å². The third kappa shape index (κ3) is 4.89. The molecule has 204 valence electrons. The van der Waals surface area contributed by atoms with Crippen LogP contribution in [0.4, 0.5) is 13.9 Å². The molecule has 4 aromatic carbocycles. The summed E-state index contributed by atoms with van der Waals surface area (Å²) in [6.07, 6.45) is 0. The number of rotatable bonds is 6. The fourth-order valence-corrected chi connectivity index (χ4v) is 6.70. The van der Waals surface area contributed by atoms with Crippen LogP contribution in [-0.2, 0) is 15.3 Å². The number of aliphatic hydroxyl groups is 1. The Hall–Kier alpha value is -4.41. The minimum Gasteiger partial charge on any atom is -0.507 e. The van der Waals surface area contributed by atoms with Crippen LogP contribution < -0.4 is 4.90 Å². The van der Waals surface area contributed by atoms with Gasteiger partial charge < -0.3 is 5.11 Å². The number of nitrogens with zero attached hydrogens (tertiary/aromatic N) is 3. The highest BCUT2D eigenvalue weighted by Gasteiger charge is 2.49. The van der Waals surface area contributed by atoms with Gasteiger partial charge in [0.1, 0.15) is 23.4 Å². The predicted octanol–water partition coefficient (Wildman–Crippen LogP) is 7.20. The molecule has 1 aliphatic heterocycles. The van der Waals surface area contributed by atoms with Crippen molar-refractivity contribution in [3.63, 3.8) is 0 Å². The van der Waals surface area contributed by atoms with Crippen LogP contribution in [0.2, 0.25) is 0 Å². The molecule has 10 heteroatoms. The van der Waals surface area contributed by atoms with Crippen LogP contribution in [0.3, 0.4) is 0 Å². The minimum absolute atomic E-state index is 0.00367. The van der Waals surface area contributed by atoms with Gasteiger partial charge in [0.25, 0.3) is 5.78 Å². The predicted molar refractivity (Wildman–Crippen MR) is 156 cm³/mol. The van der Waals surface area contributed by atoms with Crippen molar-refractivity contribution < 1.29 is 23.5 Å². The lowest BCUT2D eigenvalue weighted by Crippen LogP contribution is -2.29. The number of carbonyl (C=O) groups is 2. The van der Waals surface area contributed by atoms with E-state index in [1.165, 1.54) is 42.1 Å². The zero-order valence-corrected chi connectivity index (χ0v) is 23.2. The molecular weight excluding hydrogens is 564 g/mol. The number of aromatic nitrogens is 2. The lowest BCUT2D eigenvalue weighted by Gasteiger charge is -2.22. The highest BCUT2D eigenvalue weighted by atomic mass is 32.2. The molecule has 0 radical (unpaired) electrons. The maximum absolute atomic E-state index is 15.1. The molecule has 1 saturated heterocycles. The first-order valence-electron chi connectivity index (χ1n) is 12.6. The highest BCUT2D eigenvalue weighted by Crippen LogP contribution is 2.44. The van der Waals surface area contributed by atoms with E-state index in [4.69, 9.17) is 0 Å². The lowest BCUT2D eigenvalue weighted by atomic mass is 9.94. The number of Topliss-reactive ketones (excluding diaryl/α,β-unsaturated/α-hetero) is 1. The third-order valence-electron chi connectivity index (χ3n) is 6.92. The van der Waals surface area contributed by atoms with Gasteiger partial charge in [0.2, 0.25) is 5.13 Å². The average Bonchev–Trinajstić information content (AvgIpc) is 3.55. The van der Waals surface area contributed by atoms with Gasteiger partial charge in [0.15, 0.2) is 4.34 Å². The van der Waals surface area contributed by atoms with Crippen molar-refractivity contribution >= 4 is 56.5 Å². The monoisotopic (exact) mass is 585 g/mol. The fourth-order valence-electron chi connectivity index (χ4n) is 4.83. The zero-order chi connectivity index (χ0) is 28.7. The summed E-state index contributed by atoms with van der Waals surface area (Å²) < 4.78 is 30.0. The second kappa shape index (κ2) is 10.9. The molecule has 0 saturated carbocycles. The Kier molecular flexibility index (Phi) is 7.10. The Labute approximate surface area is 242 Å². The van der Waals surface area contributed by atoms with E-state index in [0.29, 0.717) is 15.7 Å². The molecule has 1 N–H and O–H groups in total. The van der Waals surface area contributed by atoms with Gasteiger partial charge in [0.05, 0.1) is 5.57 Å². The van der Waals surface area contributed by atoms with Crippen LogP contribution >= 0.6 is 23.1 Å². The van der Waals surface area contributed by atoms with Crippen LogP contribution in [0.5, 0.6) is 0 Å². The minimum atomic E-state index is -1.33. The molecule has 1 aliphatic rings. The number of ketones is 1. The number of carbonyl (C=O) groups excluding carboxylic acids is 2. The van der Waals surface area contributed by atoms with Crippen molar-refractivity contribution in [1.82, 2.24) is 10.2 Å². The SMILES string of the molecule is Cc1ccc(C(O)=C2C(=O)C(=O)N(c3nnc(SCc4cccc5ccccc45)s3)[C@@H]2c2ccccc2F)cc1F. The summed E-state index contributed by atoms with van der Waals surface area (Å²) in [5.74, 6) is -3.31. The first-order valence-corrected chi connectivity index (χ1v) is 14.4. The van der Waals surface area contributed by atoms with E-state index in [9.17, 15) is 19.1 Å². The van der Waals surface area contributed by atoms with Crippen molar-refractivity contribution in [3.8, 4) is 0 Å². The molecule has 1 fully saturated rings. The number of thioether (sulfide) groups is 1. The first-order chi connectivity index (χ1) is 19.8. The van der Waals surface area contributed by atoms with Crippen LogP contribution in [0.1, 0.15) is 28.3 Å². The molecule has 41 heavy (non-hydrogen) atoms. The van der Waals surface area contributed by atoms with E-state index in [0.717, 1.165) is 38.6 Å². The first kappa shape index (κ1) is 26.8. The van der Waals surface area contributed by atoms with E-state index in [-0.39, 0.29) is 21.8 Å². The van der Waals surface area contributed by atoms with Crippen molar-refractivity contribution in [2.24, 2.45) is 0 Å². The van der Waals surface area contributed by atoms with Crippen LogP contribution in [0.25, 0.3) is 16.5 Å². The number of aliphatic hydroxyl groups excluding tert-OH is 1. The van der Waals surface area contributed by atoms with E-state index < -0.39 is 35.1 Å². The Morgan fingerprint density at radius 1 is 0.951 bits per heavy atom. The molecule has 0 aliphatic carbocycles. The van der Waals surface area contributed by atoms with Crippen molar-refractivity contribution in [1.29, 1.82) is 0 Å². The molecule has 5 aromatic rings. The van der Waals surface area contributed by atoms with Gasteiger partial charge in [-0.25, -0.2) is 8.78 Å². The maximum atomic E-state index is 15.1. The molecule has 1 aromatic heterocycles. The number of amides is 1. The van der Waals surface area contributed by atoms with Crippen molar-refractivity contribution in [3.05, 3.63) is 124 Å². The summed E-state index contributed by atoms with van der Waals surface area (Å²) in [6, 6.07) is 22.4. The summed E-state index contributed by atoms with van der Waals surface area (Å²) in [6.45, 7) is 1.56. The lowest BCUT2D eigenvalue weighted by molar-refractivity contribution is -0.132. The molecule has 6 nitrogen and oxygen atoms in total. The summed E-state index contributed by atoms with van der Waals surface area (Å²) in [7, 11) is 0. The number of fused-ring (bicyclic) bond motifs is 1. The van der Waals surface area contributed by atoms with Gasteiger partial charge in [0, 0.05) is 16.9 Å². The number of benzene rings is 4. The molecule has 0 spiro atoms. The zero-order valence-electron chi connectivity index (χ0n) is 21.5. The van der Waals surface area contributed by atoms with Gasteiger partial charge in [-0.1, -0.05) is 95.9 Å². The Bertz CT molecular complexity index is 1870. The van der Waals surface area contributed by atoms with E-state index in [1.54, 1.807) is 13.0 Å². The second-order valence-corrected chi connectivity index (χ2v) is 11.6. The second-order valence-electron chi connectivity index (χ2n) is 9.43. The number of aryl methyl sites for hydroxylation is 1. The molecule has 2 heterocycles. The third-order valence-corrected chi connectivity index (χ3v) is 9.03. The van der Waals surface area contributed by atoms with Gasteiger partial charge in [-0.3, -0.25) is 14.5 Å². The van der Waals surface area contributed by atoms with E-state index >= 15 is 4.39 Å². The summed E-state index contributed by atoms with van der Waals surface area (Å²) in [4.78, 5) is 27.7. The summed E-state index contributed by atoms with van der Waals surface area (Å²) in [5.41, 5.74) is 1.07. The maximum Gasteiger partial charge on any atom is 0.301 e. The van der Waals surface area contributed by atoms with Crippen molar-refractivity contribution in [2.75, 3.05) is 4.90 Å². The quantitative estimate of drug-likeness (QED) is 0.0746. The smallest absolute Gasteiger partial charge is 0.301 e. The van der Waals surface area contributed by atoms with Gasteiger partial charge in [-0.05, 0) is 41.0 Å². The van der Waals surface area contributed by atoms with Crippen molar-refractivity contribution in [2.45, 2.75) is 23.1 Å². The average molecular weight is 586 g/mol.